The summed E-state index contributed by atoms with van der Waals surface area (Å²) < 4.78 is 48.7. The number of imidazole rings is 1. The van der Waals surface area contributed by atoms with Gasteiger partial charge in [0.2, 0.25) is 0 Å². The second-order valence-corrected chi connectivity index (χ2v) is 14.0. The van der Waals surface area contributed by atoms with Crippen LogP contribution in [0.2, 0.25) is 10.0 Å². The number of rotatable bonds is 10. The summed E-state index contributed by atoms with van der Waals surface area (Å²) in [5.41, 5.74) is 2.60. The van der Waals surface area contributed by atoms with E-state index in [0.29, 0.717) is 32.9 Å². The molecule has 3 aromatic carbocycles. The number of carbonyl (C=O) groups excluding carboxylic acids is 1. The molecule has 0 spiro atoms. The molecule has 1 saturated carbocycles. The van der Waals surface area contributed by atoms with Crippen molar-refractivity contribution in [1.29, 1.82) is 0 Å². The first-order valence-corrected chi connectivity index (χ1v) is 16.5. The first-order chi connectivity index (χ1) is 20.4. The molecule has 0 unspecified atom stereocenters. The number of thioether (sulfide) groups is 1. The van der Waals surface area contributed by atoms with E-state index in [1.54, 1.807) is 37.6 Å². The van der Waals surface area contributed by atoms with Crippen LogP contribution in [0.25, 0.3) is 5.69 Å². The summed E-state index contributed by atoms with van der Waals surface area (Å²) >= 11 is 14.2. The molecule has 8 nitrogen and oxygen atoms in total. The van der Waals surface area contributed by atoms with E-state index in [2.05, 4.69) is 19.2 Å². The maximum atomic E-state index is 13.9. The zero-order valence-electron chi connectivity index (χ0n) is 23.5. The van der Waals surface area contributed by atoms with Crippen molar-refractivity contribution in [1.82, 2.24) is 19.6 Å². The number of carbonyl (C=O) groups is 1. The quantitative estimate of drug-likeness (QED) is 0.176. The molecule has 0 aliphatic heterocycles. The Morgan fingerprint density at radius 2 is 1.81 bits per heavy atom. The lowest BCUT2D eigenvalue weighted by Gasteiger charge is -2.28. The molecule has 0 saturated heterocycles. The van der Waals surface area contributed by atoms with Gasteiger partial charge in [-0.2, -0.15) is 0 Å². The van der Waals surface area contributed by atoms with E-state index >= 15 is 0 Å². The van der Waals surface area contributed by atoms with Crippen LogP contribution in [0.1, 0.15) is 43.5 Å². The summed E-state index contributed by atoms with van der Waals surface area (Å²) in [6.45, 7) is 4.10. The highest BCUT2D eigenvalue weighted by Gasteiger charge is 2.31. The van der Waals surface area contributed by atoms with Gasteiger partial charge in [0.05, 0.1) is 28.9 Å². The van der Waals surface area contributed by atoms with Crippen molar-refractivity contribution in [3.8, 4) is 11.4 Å². The number of methoxy groups -OCH3 is 1. The Balaban J connectivity index is 1.43. The molecule has 1 aromatic heterocycles. The minimum absolute atomic E-state index is 0.0146. The Kier molecular flexibility index (Phi) is 8.99. The minimum Gasteiger partial charge on any atom is -0.495 e. The summed E-state index contributed by atoms with van der Waals surface area (Å²) in [6.07, 6.45) is 3.45. The Morgan fingerprint density at radius 3 is 2.47 bits per heavy atom. The van der Waals surface area contributed by atoms with Crippen molar-refractivity contribution in [2.75, 3.05) is 7.11 Å². The van der Waals surface area contributed by atoms with Crippen molar-refractivity contribution in [2.45, 2.75) is 54.0 Å². The van der Waals surface area contributed by atoms with E-state index in [4.69, 9.17) is 32.9 Å². The van der Waals surface area contributed by atoms with E-state index in [1.807, 2.05) is 21.4 Å². The van der Waals surface area contributed by atoms with Gasteiger partial charge in [0.1, 0.15) is 11.6 Å². The Labute approximate surface area is 264 Å². The first-order valence-electron chi connectivity index (χ1n) is 13.3. The molecule has 226 valence electrons. The predicted molar refractivity (Wildman–Crippen MR) is 167 cm³/mol. The Bertz CT molecular complexity index is 1780. The Morgan fingerprint density at radius 1 is 1.09 bits per heavy atom. The molecule has 1 aliphatic carbocycles. The third kappa shape index (κ3) is 6.95. The van der Waals surface area contributed by atoms with Gasteiger partial charge in [0, 0.05) is 27.9 Å². The van der Waals surface area contributed by atoms with Crippen LogP contribution in [0.4, 0.5) is 9.18 Å². The zero-order valence-corrected chi connectivity index (χ0v) is 26.7. The molecule has 43 heavy (non-hydrogen) atoms. The molecule has 5 rings (SSSR count). The van der Waals surface area contributed by atoms with Gasteiger partial charge >= 0.3 is 6.03 Å². The van der Waals surface area contributed by atoms with Crippen LogP contribution in [0.15, 0.2) is 76.9 Å². The van der Waals surface area contributed by atoms with Crippen molar-refractivity contribution in [3.05, 3.63) is 99.5 Å². The predicted octanol–water partition coefficient (Wildman–Crippen LogP) is 7.10. The number of sulfonamides is 1. The molecule has 1 fully saturated rings. The van der Waals surface area contributed by atoms with Crippen molar-refractivity contribution in [3.63, 3.8) is 0 Å². The average Bonchev–Trinajstić information content (AvgIpc) is 3.66. The number of halogens is 3. The van der Waals surface area contributed by atoms with Crippen LogP contribution in [0, 0.1) is 5.82 Å². The number of ether oxygens (including phenoxy) is 1. The van der Waals surface area contributed by atoms with E-state index < -0.39 is 21.5 Å². The van der Waals surface area contributed by atoms with Gasteiger partial charge in [-0.25, -0.2) is 27.3 Å². The Hall–Kier alpha value is -3.25. The van der Waals surface area contributed by atoms with Crippen LogP contribution in [0.3, 0.4) is 0 Å². The largest absolute Gasteiger partial charge is 0.495 e. The smallest absolute Gasteiger partial charge is 0.328 e. The zero-order chi connectivity index (χ0) is 30.9. The van der Waals surface area contributed by atoms with Gasteiger partial charge in [0.15, 0.2) is 5.16 Å². The molecule has 4 aromatic rings. The fourth-order valence-corrected chi connectivity index (χ4v) is 7.02. The molecule has 1 heterocycles. The summed E-state index contributed by atoms with van der Waals surface area (Å²) in [7, 11) is -2.53. The summed E-state index contributed by atoms with van der Waals surface area (Å²) in [6, 6.07) is 15.3. The van der Waals surface area contributed by atoms with Gasteiger partial charge in [-0.15, -0.1) is 0 Å². The number of aromatic nitrogens is 2. The van der Waals surface area contributed by atoms with Gasteiger partial charge in [-0.3, -0.25) is 4.57 Å². The maximum Gasteiger partial charge on any atom is 0.328 e. The SMILES string of the molecule is COc1cc(C(C)(C)c2cnc(SCc3ccc(S(=O)(=O)NC(=O)NC4CC4)cc3Cl)n2-c2ccc(F)cc2)ccc1Cl. The van der Waals surface area contributed by atoms with Crippen LogP contribution < -0.4 is 14.8 Å². The van der Waals surface area contributed by atoms with Gasteiger partial charge in [-0.05, 0) is 72.5 Å². The lowest BCUT2D eigenvalue weighted by molar-refractivity contribution is 0.245. The normalized spacial score (nSPS) is 13.5. The summed E-state index contributed by atoms with van der Waals surface area (Å²) in [5, 5.41) is 3.94. The number of nitrogens with zero attached hydrogens (tertiary/aromatic N) is 2. The van der Waals surface area contributed by atoms with Gasteiger partial charge < -0.3 is 10.1 Å². The average molecular weight is 664 g/mol. The third-order valence-electron chi connectivity index (χ3n) is 7.16. The van der Waals surface area contributed by atoms with Crippen LogP contribution in [-0.2, 0) is 21.2 Å². The summed E-state index contributed by atoms with van der Waals surface area (Å²) in [5.74, 6) is 0.554. The van der Waals surface area contributed by atoms with Crippen molar-refractivity contribution >= 4 is 51.0 Å². The molecule has 2 amide bonds. The van der Waals surface area contributed by atoms with E-state index in [-0.39, 0.29) is 21.8 Å². The molecule has 0 radical (unpaired) electrons. The number of urea groups is 1. The standard InChI is InChI=1S/C30H29Cl2FN4O4S2/c1-30(2,19-5-13-24(31)26(14-19)41-3)27-16-34-29(37(27)22-10-6-20(33)7-11-22)42-17-18-4-12-23(15-25(18)32)43(39,40)36-28(38)35-21-8-9-21/h4-7,10-16,21H,8-9,17H2,1-3H3,(H2,35,36,38). The minimum atomic E-state index is -4.09. The van der Waals surface area contributed by atoms with Gasteiger partial charge in [-0.1, -0.05) is 60.9 Å². The maximum absolute atomic E-state index is 13.9. The molecule has 2 N–H and O–H groups in total. The number of benzene rings is 3. The first kappa shape index (κ1) is 31.2. The number of hydrogen-bond acceptors (Lipinski definition) is 6. The third-order valence-corrected chi connectivity index (χ3v) is 10.2. The molecular formula is C30H29Cl2FN4O4S2. The fraction of sp³-hybridized carbons (Fsp3) is 0.267. The summed E-state index contributed by atoms with van der Waals surface area (Å²) in [4.78, 5) is 16.6. The lowest BCUT2D eigenvalue weighted by atomic mass is 9.81. The van der Waals surface area contributed by atoms with E-state index in [1.165, 1.54) is 36.0 Å². The molecule has 0 atom stereocenters. The highest BCUT2D eigenvalue weighted by atomic mass is 35.5. The molecular weight excluding hydrogens is 634 g/mol. The molecule has 1 aliphatic rings. The number of amides is 2. The van der Waals surface area contributed by atoms with E-state index in [0.717, 1.165) is 24.1 Å². The highest BCUT2D eigenvalue weighted by Crippen LogP contribution is 2.39. The lowest BCUT2D eigenvalue weighted by Crippen LogP contribution is -2.40. The van der Waals surface area contributed by atoms with Crippen LogP contribution >= 0.6 is 35.0 Å². The topological polar surface area (TPSA) is 102 Å². The number of nitrogens with one attached hydrogen (secondary N) is 2. The second-order valence-electron chi connectivity index (χ2n) is 10.6. The van der Waals surface area contributed by atoms with Crippen molar-refractivity contribution in [2.24, 2.45) is 0 Å². The monoisotopic (exact) mass is 662 g/mol. The highest BCUT2D eigenvalue weighted by molar-refractivity contribution is 7.98. The van der Waals surface area contributed by atoms with Crippen LogP contribution in [0.5, 0.6) is 5.75 Å². The fourth-order valence-electron chi connectivity index (χ4n) is 4.49. The van der Waals surface area contributed by atoms with Crippen LogP contribution in [-0.4, -0.2) is 37.2 Å². The molecule has 0 bridgehead atoms. The second kappa shape index (κ2) is 12.4. The van der Waals surface area contributed by atoms with Gasteiger partial charge in [0.25, 0.3) is 10.0 Å². The van der Waals surface area contributed by atoms with E-state index in [9.17, 15) is 17.6 Å². The molecule has 13 heteroatoms. The number of hydrogen-bond donors (Lipinski definition) is 2. The van der Waals surface area contributed by atoms with Crippen molar-refractivity contribution < 1.29 is 22.3 Å².